The van der Waals surface area contributed by atoms with Gasteiger partial charge in [0, 0.05) is 18.7 Å². The van der Waals surface area contributed by atoms with E-state index in [0.29, 0.717) is 17.0 Å². The van der Waals surface area contributed by atoms with Gasteiger partial charge in [-0.3, -0.25) is 0 Å². The van der Waals surface area contributed by atoms with E-state index >= 15 is 0 Å². The van der Waals surface area contributed by atoms with Gasteiger partial charge in [0.2, 0.25) is 11.8 Å². The van der Waals surface area contributed by atoms with Crippen LogP contribution in [0.2, 0.25) is 0 Å². The molecule has 0 bridgehead atoms. The normalized spacial score (nSPS) is 11.7. The van der Waals surface area contributed by atoms with Crippen LogP contribution in [0.5, 0.6) is 0 Å². The molecule has 0 unspecified atom stereocenters. The maximum absolute atomic E-state index is 13.5. The van der Waals surface area contributed by atoms with Gasteiger partial charge in [-0.1, -0.05) is 30.3 Å². The van der Waals surface area contributed by atoms with Crippen molar-refractivity contribution in [3.8, 4) is 28.5 Å². The van der Waals surface area contributed by atoms with Crippen molar-refractivity contribution in [3.63, 3.8) is 0 Å². The van der Waals surface area contributed by atoms with Gasteiger partial charge in [-0.15, -0.1) is 10.2 Å². The van der Waals surface area contributed by atoms with Crippen LogP contribution in [0.1, 0.15) is 11.6 Å². The molecule has 3 heterocycles. The summed E-state index contributed by atoms with van der Waals surface area (Å²) in [6.45, 7) is 1.64. The lowest BCUT2D eigenvalue weighted by atomic mass is 10.1. The molecule has 27 heavy (non-hydrogen) atoms. The van der Waals surface area contributed by atoms with Crippen LogP contribution in [-0.4, -0.2) is 25.0 Å². The molecule has 0 aliphatic carbocycles. The Morgan fingerprint density at radius 2 is 1.74 bits per heavy atom. The van der Waals surface area contributed by atoms with Crippen LogP contribution in [0.3, 0.4) is 0 Å². The monoisotopic (exact) mass is 371 g/mol. The van der Waals surface area contributed by atoms with E-state index < -0.39 is 11.9 Å². The van der Waals surface area contributed by atoms with Gasteiger partial charge in [0.25, 0.3) is 0 Å². The lowest BCUT2D eigenvalue weighted by Crippen LogP contribution is -2.14. The Morgan fingerprint density at radius 3 is 2.33 bits per heavy atom. The van der Waals surface area contributed by atoms with E-state index in [4.69, 9.17) is 4.42 Å². The predicted octanol–water partition coefficient (Wildman–Crippen LogP) is 4.31. The van der Waals surface area contributed by atoms with Crippen LogP contribution >= 0.6 is 0 Å². The van der Waals surface area contributed by atoms with Crippen LogP contribution in [0.15, 0.2) is 59.1 Å². The van der Waals surface area contributed by atoms with Crippen LogP contribution in [0.4, 0.5) is 13.2 Å². The zero-order chi connectivity index (χ0) is 19.0. The van der Waals surface area contributed by atoms with Crippen molar-refractivity contribution < 1.29 is 17.6 Å². The first-order valence-corrected chi connectivity index (χ1v) is 7.91. The first-order valence-electron chi connectivity index (χ1n) is 7.91. The Bertz CT molecular complexity index is 1070. The van der Waals surface area contributed by atoms with Crippen molar-refractivity contribution in [2.24, 2.45) is 0 Å². The second kappa shape index (κ2) is 6.35. The molecule has 0 N–H and O–H groups in total. The Balaban J connectivity index is 1.77. The Hall–Kier alpha value is -3.49. The fourth-order valence-corrected chi connectivity index (χ4v) is 2.56. The standard InChI is InChI=1S/C18H12F3N5O/c1-11-23-24-17(27-11)13-7-8-16(22-10-13)26-15(18(19,20)21)9-14(25-26)12-5-3-2-4-6-12/h2-10H,1H3. The lowest BCUT2D eigenvalue weighted by molar-refractivity contribution is -0.142. The molecule has 4 rings (SSSR count). The minimum absolute atomic E-state index is 0.0319. The molecule has 136 valence electrons. The molecule has 0 fully saturated rings. The number of alkyl halides is 3. The summed E-state index contributed by atoms with van der Waals surface area (Å²) in [4.78, 5) is 4.09. The van der Waals surface area contributed by atoms with Crippen molar-refractivity contribution in [2.75, 3.05) is 0 Å². The number of hydrogen-bond donors (Lipinski definition) is 0. The van der Waals surface area contributed by atoms with Gasteiger partial charge < -0.3 is 4.42 Å². The summed E-state index contributed by atoms with van der Waals surface area (Å²) >= 11 is 0. The first-order chi connectivity index (χ1) is 12.9. The maximum Gasteiger partial charge on any atom is 0.433 e. The molecule has 9 heteroatoms. The van der Waals surface area contributed by atoms with Crippen molar-refractivity contribution in [2.45, 2.75) is 13.1 Å². The number of nitrogens with zero attached hydrogens (tertiary/aromatic N) is 5. The van der Waals surface area contributed by atoms with Gasteiger partial charge in [0.05, 0.1) is 11.3 Å². The van der Waals surface area contributed by atoms with Gasteiger partial charge in [-0.05, 0) is 18.2 Å². The number of pyridine rings is 1. The van der Waals surface area contributed by atoms with E-state index in [1.165, 1.54) is 12.3 Å². The Morgan fingerprint density at radius 1 is 0.963 bits per heavy atom. The Labute approximate surface area is 151 Å². The maximum atomic E-state index is 13.5. The highest BCUT2D eigenvalue weighted by Crippen LogP contribution is 2.33. The minimum atomic E-state index is -4.58. The fraction of sp³-hybridized carbons (Fsp3) is 0.111. The second-order valence-corrected chi connectivity index (χ2v) is 5.72. The molecule has 0 atom stereocenters. The summed E-state index contributed by atoms with van der Waals surface area (Å²) in [6.07, 6.45) is -3.21. The van der Waals surface area contributed by atoms with Crippen molar-refractivity contribution in [1.29, 1.82) is 0 Å². The minimum Gasteiger partial charge on any atom is -0.421 e. The fourth-order valence-electron chi connectivity index (χ4n) is 2.56. The van der Waals surface area contributed by atoms with Crippen LogP contribution in [0.25, 0.3) is 28.5 Å². The number of halogens is 3. The summed E-state index contributed by atoms with van der Waals surface area (Å²) in [5, 5.41) is 11.7. The van der Waals surface area contributed by atoms with E-state index in [9.17, 15) is 13.2 Å². The summed E-state index contributed by atoms with van der Waals surface area (Å²) < 4.78 is 46.5. The molecule has 6 nitrogen and oxygen atoms in total. The predicted molar refractivity (Wildman–Crippen MR) is 89.8 cm³/mol. The summed E-state index contributed by atoms with van der Waals surface area (Å²) in [7, 11) is 0. The van der Waals surface area contributed by atoms with Crippen LogP contribution in [-0.2, 0) is 6.18 Å². The highest BCUT2D eigenvalue weighted by Gasteiger charge is 2.36. The smallest absolute Gasteiger partial charge is 0.421 e. The molecule has 0 spiro atoms. The molecule has 0 aliphatic heterocycles. The Kier molecular flexibility index (Phi) is 3.98. The van der Waals surface area contributed by atoms with Gasteiger partial charge in [0.15, 0.2) is 11.5 Å². The molecular weight excluding hydrogens is 359 g/mol. The number of benzene rings is 1. The third-order valence-corrected chi connectivity index (χ3v) is 3.81. The number of rotatable bonds is 3. The SMILES string of the molecule is Cc1nnc(-c2ccc(-n3nc(-c4ccccc4)cc3C(F)(F)F)nc2)o1. The molecule has 0 saturated heterocycles. The molecule has 0 amide bonds. The van der Waals surface area contributed by atoms with E-state index in [-0.39, 0.29) is 17.4 Å². The van der Waals surface area contributed by atoms with E-state index in [1.54, 1.807) is 43.3 Å². The number of aromatic nitrogens is 5. The highest BCUT2D eigenvalue weighted by atomic mass is 19.4. The van der Waals surface area contributed by atoms with Crippen LogP contribution in [0, 0.1) is 6.92 Å². The van der Waals surface area contributed by atoms with Crippen molar-refractivity contribution in [1.82, 2.24) is 25.0 Å². The van der Waals surface area contributed by atoms with Gasteiger partial charge in [-0.2, -0.15) is 18.3 Å². The van der Waals surface area contributed by atoms with Gasteiger partial charge in [-0.25, -0.2) is 9.67 Å². The topological polar surface area (TPSA) is 69.6 Å². The average Bonchev–Trinajstić information content (AvgIpc) is 3.29. The molecule has 0 aliphatic rings. The summed E-state index contributed by atoms with van der Waals surface area (Å²) in [6, 6.07) is 12.6. The quantitative estimate of drug-likeness (QED) is 0.537. The highest BCUT2D eigenvalue weighted by molar-refractivity contribution is 5.60. The summed E-state index contributed by atoms with van der Waals surface area (Å²) in [5.74, 6) is 0.658. The van der Waals surface area contributed by atoms with Crippen molar-refractivity contribution in [3.05, 3.63) is 66.3 Å². The number of hydrogen-bond acceptors (Lipinski definition) is 5. The van der Waals surface area contributed by atoms with Crippen molar-refractivity contribution >= 4 is 0 Å². The zero-order valence-electron chi connectivity index (χ0n) is 14.0. The molecular formula is C18H12F3N5O. The van der Waals surface area contributed by atoms with Gasteiger partial charge >= 0.3 is 6.18 Å². The molecule has 0 radical (unpaired) electrons. The molecule has 4 aromatic rings. The zero-order valence-corrected chi connectivity index (χ0v) is 14.0. The molecule has 1 aromatic carbocycles. The molecule has 0 saturated carbocycles. The largest absolute Gasteiger partial charge is 0.433 e. The first kappa shape index (κ1) is 17.0. The van der Waals surface area contributed by atoms with E-state index in [2.05, 4.69) is 20.3 Å². The van der Waals surface area contributed by atoms with E-state index in [0.717, 1.165) is 10.7 Å². The third kappa shape index (κ3) is 3.31. The van der Waals surface area contributed by atoms with Gasteiger partial charge in [0.1, 0.15) is 0 Å². The second-order valence-electron chi connectivity index (χ2n) is 5.72. The molecule has 3 aromatic heterocycles. The average molecular weight is 371 g/mol. The third-order valence-electron chi connectivity index (χ3n) is 3.81. The summed E-state index contributed by atoms with van der Waals surface area (Å²) in [5.41, 5.74) is 0.389. The number of aryl methyl sites for hydroxylation is 1. The van der Waals surface area contributed by atoms with E-state index in [1.807, 2.05) is 0 Å². The van der Waals surface area contributed by atoms with Crippen LogP contribution < -0.4 is 0 Å². The lowest BCUT2D eigenvalue weighted by Gasteiger charge is -2.09.